The Labute approximate surface area is 82.9 Å². The summed E-state index contributed by atoms with van der Waals surface area (Å²) in [5.41, 5.74) is 0. The van der Waals surface area contributed by atoms with Gasteiger partial charge in [-0.05, 0) is 18.3 Å². The van der Waals surface area contributed by atoms with Crippen LogP contribution in [0.1, 0.15) is 59.3 Å². The number of hydrogen-bond acceptors (Lipinski definition) is 0. The van der Waals surface area contributed by atoms with E-state index in [1.54, 1.807) is 0 Å². The van der Waals surface area contributed by atoms with E-state index in [-0.39, 0.29) is 12.6 Å². The average Bonchev–Trinajstić information content (AvgIpc) is 2.12. The van der Waals surface area contributed by atoms with Crippen LogP contribution in [0.2, 0.25) is 0 Å². The summed E-state index contributed by atoms with van der Waals surface area (Å²) in [4.78, 5) is 0. The standard InChI is InChI=1S/C12H25F/c1-4-5-6-7-8-11(2)9-12(3)10-13/h11-12H,4-10H2,1-3H3/t11?,12-/m0/s1. The first-order chi connectivity index (χ1) is 6.20. The molecule has 0 aromatic carbocycles. The van der Waals surface area contributed by atoms with Crippen molar-refractivity contribution in [3.8, 4) is 0 Å². The van der Waals surface area contributed by atoms with Gasteiger partial charge in [-0.2, -0.15) is 0 Å². The summed E-state index contributed by atoms with van der Waals surface area (Å²) in [5, 5.41) is 0. The lowest BCUT2D eigenvalue weighted by Gasteiger charge is -2.14. The van der Waals surface area contributed by atoms with Crippen LogP contribution in [-0.2, 0) is 0 Å². The van der Waals surface area contributed by atoms with Gasteiger partial charge in [0.25, 0.3) is 0 Å². The second-order valence-electron chi connectivity index (χ2n) is 4.45. The summed E-state index contributed by atoms with van der Waals surface area (Å²) in [5.74, 6) is 0.976. The number of rotatable bonds is 8. The van der Waals surface area contributed by atoms with E-state index in [9.17, 15) is 4.39 Å². The minimum absolute atomic E-state index is 0.153. The lowest BCUT2D eigenvalue weighted by Crippen LogP contribution is -2.04. The highest BCUT2D eigenvalue weighted by molar-refractivity contribution is 4.59. The van der Waals surface area contributed by atoms with Gasteiger partial charge in [0.05, 0.1) is 6.67 Å². The van der Waals surface area contributed by atoms with Crippen LogP contribution < -0.4 is 0 Å². The molecule has 0 rings (SSSR count). The molecular weight excluding hydrogens is 163 g/mol. The van der Waals surface area contributed by atoms with Gasteiger partial charge in [-0.15, -0.1) is 0 Å². The molecule has 0 aromatic heterocycles. The Kier molecular flexibility index (Phi) is 8.48. The predicted molar refractivity (Wildman–Crippen MR) is 57.7 cm³/mol. The normalized spacial score (nSPS) is 15.7. The zero-order valence-electron chi connectivity index (χ0n) is 9.48. The third-order valence-electron chi connectivity index (χ3n) is 2.62. The second-order valence-corrected chi connectivity index (χ2v) is 4.45. The quantitative estimate of drug-likeness (QED) is 0.489. The molecule has 0 heterocycles. The van der Waals surface area contributed by atoms with Crippen LogP contribution in [0.5, 0.6) is 0 Å². The minimum atomic E-state index is -0.153. The maximum Gasteiger partial charge on any atom is 0.0920 e. The van der Waals surface area contributed by atoms with Crippen LogP contribution in [0.4, 0.5) is 4.39 Å². The Morgan fingerprint density at radius 2 is 1.69 bits per heavy atom. The van der Waals surface area contributed by atoms with Crippen molar-refractivity contribution in [1.82, 2.24) is 0 Å². The Hall–Kier alpha value is -0.0700. The number of alkyl halides is 1. The lowest BCUT2D eigenvalue weighted by molar-refractivity contribution is 0.312. The Morgan fingerprint density at radius 3 is 2.23 bits per heavy atom. The van der Waals surface area contributed by atoms with Gasteiger partial charge in [-0.1, -0.05) is 52.9 Å². The van der Waals surface area contributed by atoms with Crippen molar-refractivity contribution < 1.29 is 4.39 Å². The van der Waals surface area contributed by atoms with E-state index < -0.39 is 0 Å². The van der Waals surface area contributed by atoms with Crippen LogP contribution in [-0.4, -0.2) is 6.67 Å². The highest BCUT2D eigenvalue weighted by Crippen LogP contribution is 2.18. The first kappa shape index (κ1) is 12.9. The molecule has 0 bridgehead atoms. The minimum Gasteiger partial charge on any atom is -0.251 e. The molecule has 1 heteroatoms. The van der Waals surface area contributed by atoms with Crippen molar-refractivity contribution in [2.45, 2.75) is 59.3 Å². The predicted octanol–water partition coefficient (Wildman–Crippen LogP) is 4.59. The SMILES string of the molecule is CCCCCCC(C)C[C@H](C)CF. The summed E-state index contributed by atoms with van der Waals surface area (Å²) in [6, 6.07) is 0. The highest BCUT2D eigenvalue weighted by Gasteiger charge is 2.07. The van der Waals surface area contributed by atoms with Crippen LogP contribution in [0.3, 0.4) is 0 Å². The maximum atomic E-state index is 12.2. The molecule has 0 aliphatic heterocycles. The van der Waals surface area contributed by atoms with E-state index >= 15 is 0 Å². The van der Waals surface area contributed by atoms with Crippen LogP contribution in [0, 0.1) is 11.8 Å². The van der Waals surface area contributed by atoms with E-state index in [4.69, 9.17) is 0 Å². The molecule has 0 radical (unpaired) electrons. The van der Waals surface area contributed by atoms with Crippen molar-refractivity contribution in [1.29, 1.82) is 0 Å². The molecule has 1 unspecified atom stereocenters. The van der Waals surface area contributed by atoms with Crippen molar-refractivity contribution in [3.63, 3.8) is 0 Å². The highest BCUT2D eigenvalue weighted by atomic mass is 19.1. The van der Waals surface area contributed by atoms with Gasteiger partial charge in [0, 0.05) is 0 Å². The van der Waals surface area contributed by atoms with Crippen LogP contribution in [0.15, 0.2) is 0 Å². The van der Waals surface area contributed by atoms with E-state index in [2.05, 4.69) is 13.8 Å². The van der Waals surface area contributed by atoms with Crippen LogP contribution in [0.25, 0.3) is 0 Å². The molecule has 0 saturated carbocycles. The van der Waals surface area contributed by atoms with E-state index in [0.717, 1.165) is 6.42 Å². The van der Waals surface area contributed by atoms with E-state index in [1.807, 2.05) is 6.92 Å². The number of hydrogen-bond donors (Lipinski definition) is 0. The fraction of sp³-hybridized carbons (Fsp3) is 1.00. The molecule has 0 nitrogen and oxygen atoms in total. The molecule has 0 aliphatic rings. The van der Waals surface area contributed by atoms with Crippen molar-refractivity contribution in [3.05, 3.63) is 0 Å². The smallest absolute Gasteiger partial charge is 0.0920 e. The summed E-state index contributed by atoms with van der Waals surface area (Å²) in [6.45, 7) is 6.33. The Balaban J connectivity index is 3.24. The molecule has 13 heavy (non-hydrogen) atoms. The van der Waals surface area contributed by atoms with Gasteiger partial charge in [0.15, 0.2) is 0 Å². The molecule has 0 N–H and O–H groups in total. The van der Waals surface area contributed by atoms with Crippen LogP contribution >= 0.6 is 0 Å². The average molecular weight is 188 g/mol. The van der Waals surface area contributed by atoms with Gasteiger partial charge >= 0.3 is 0 Å². The molecule has 0 fully saturated rings. The first-order valence-electron chi connectivity index (χ1n) is 5.76. The molecule has 0 aliphatic carbocycles. The zero-order chi connectivity index (χ0) is 10.1. The van der Waals surface area contributed by atoms with E-state index in [1.165, 1.54) is 32.1 Å². The fourth-order valence-electron chi connectivity index (χ4n) is 1.79. The first-order valence-corrected chi connectivity index (χ1v) is 5.76. The second kappa shape index (κ2) is 8.52. The monoisotopic (exact) mass is 188 g/mol. The molecule has 0 amide bonds. The summed E-state index contributed by atoms with van der Waals surface area (Å²) in [7, 11) is 0. The molecule has 0 saturated heterocycles. The third kappa shape index (κ3) is 8.27. The number of unbranched alkanes of at least 4 members (excludes halogenated alkanes) is 3. The lowest BCUT2D eigenvalue weighted by atomic mass is 9.93. The van der Waals surface area contributed by atoms with Gasteiger partial charge in [0.1, 0.15) is 0 Å². The Bertz CT molecular complexity index is 101. The molecule has 0 spiro atoms. The zero-order valence-corrected chi connectivity index (χ0v) is 9.48. The van der Waals surface area contributed by atoms with Crippen molar-refractivity contribution in [2.24, 2.45) is 11.8 Å². The fourth-order valence-corrected chi connectivity index (χ4v) is 1.79. The molecule has 2 atom stereocenters. The largest absolute Gasteiger partial charge is 0.251 e. The van der Waals surface area contributed by atoms with Crippen molar-refractivity contribution in [2.75, 3.05) is 6.67 Å². The van der Waals surface area contributed by atoms with Gasteiger partial charge in [0.2, 0.25) is 0 Å². The summed E-state index contributed by atoms with van der Waals surface area (Å²) >= 11 is 0. The van der Waals surface area contributed by atoms with Crippen molar-refractivity contribution >= 4 is 0 Å². The third-order valence-corrected chi connectivity index (χ3v) is 2.62. The topological polar surface area (TPSA) is 0 Å². The van der Waals surface area contributed by atoms with Gasteiger partial charge in [-0.25, -0.2) is 0 Å². The Morgan fingerprint density at radius 1 is 1.00 bits per heavy atom. The molecule has 80 valence electrons. The van der Waals surface area contributed by atoms with Gasteiger partial charge in [-0.3, -0.25) is 4.39 Å². The van der Waals surface area contributed by atoms with E-state index in [0.29, 0.717) is 5.92 Å². The summed E-state index contributed by atoms with van der Waals surface area (Å²) in [6.07, 6.45) is 7.67. The van der Waals surface area contributed by atoms with Gasteiger partial charge < -0.3 is 0 Å². The molecule has 0 aromatic rings. The molecular formula is C12H25F. The maximum absolute atomic E-state index is 12.2. The summed E-state index contributed by atoms with van der Waals surface area (Å²) < 4.78 is 12.2. The number of halogens is 1.